The number of aryl methyl sites for hydroxylation is 1. The van der Waals surface area contributed by atoms with Crippen LogP contribution in [0.4, 0.5) is 0 Å². The predicted molar refractivity (Wildman–Crippen MR) is 127 cm³/mol. The van der Waals surface area contributed by atoms with Gasteiger partial charge in [0.05, 0.1) is 11.1 Å². The molecule has 1 aromatic heterocycles. The van der Waals surface area contributed by atoms with Crippen LogP contribution >= 0.6 is 0 Å². The molecule has 0 aliphatic heterocycles. The summed E-state index contributed by atoms with van der Waals surface area (Å²) in [6, 6.07) is 13.8. The minimum Gasteiger partial charge on any atom is -0.477 e. The number of rotatable bonds is 10. The summed E-state index contributed by atoms with van der Waals surface area (Å²) in [6.07, 6.45) is 5.40. The number of carboxylic acids is 1. The Bertz CT molecular complexity index is 1310. The van der Waals surface area contributed by atoms with E-state index in [9.17, 15) is 23.1 Å². The summed E-state index contributed by atoms with van der Waals surface area (Å²) in [5.74, 6) is -0.980. The summed E-state index contributed by atoms with van der Waals surface area (Å²) in [5.41, 5.74) is 2.17. The number of aromatic nitrogens is 2. The molecular formula is C25H27N3O5S. The Morgan fingerprint density at radius 2 is 1.82 bits per heavy atom. The van der Waals surface area contributed by atoms with Gasteiger partial charge in [0, 0.05) is 24.4 Å². The van der Waals surface area contributed by atoms with E-state index in [1.165, 1.54) is 12.3 Å². The minimum absolute atomic E-state index is 0.0429. The molecule has 3 aromatic rings. The van der Waals surface area contributed by atoms with Crippen LogP contribution in [-0.4, -0.2) is 35.0 Å². The number of hydrogen-bond acceptors (Lipinski definition) is 5. The lowest BCUT2D eigenvalue weighted by Crippen LogP contribution is -2.32. The first-order valence-corrected chi connectivity index (χ1v) is 12.8. The van der Waals surface area contributed by atoms with E-state index in [0.29, 0.717) is 36.9 Å². The molecule has 0 radical (unpaired) electrons. The fourth-order valence-electron chi connectivity index (χ4n) is 3.82. The van der Waals surface area contributed by atoms with Crippen LogP contribution in [0.1, 0.15) is 54.5 Å². The van der Waals surface area contributed by atoms with Gasteiger partial charge in [0.25, 0.3) is 10.0 Å². The Balaban J connectivity index is 1.60. The summed E-state index contributed by atoms with van der Waals surface area (Å²) in [6.45, 7) is 2.41. The molecule has 1 aliphatic rings. The predicted octanol–water partition coefficient (Wildman–Crippen LogP) is 3.85. The fourth-order valence-corrected chi connectivity index (χ4v) is 5.10. The van der Waals surface area contributed by atoms with E-state index in [1.54, 1.807) is 34.9 Å². The molecule has 2 N–H and O–H groups in total. The van der Waals surface area contributed by atoms with Crippen LogP contribution in [0.25, 0.3) is 11.1 Å². The van der Waals surface area contributed by atoms with Crippen LogP contribution in [0.5, 0.6) is 0 Å². The largest absolute Gasteiger partial charge is 0.477 e. The number of nitrogens with one attached hydrogen (secondary N) is 1. The SMILES string of the molecule is CCCCc1ncc(C(=O)O)n1Cc1ccc(-c2ccccc2S(=O)(=O)NC(=O)C2CC2)cc1. The number of carbonyl (C=O) groups excluding carboxylic acids is 1. The number of aromatic carboxylic acids is 1. The summed E-state index contributed by atoms with van der Waals surface area (Å²) in [4.78, 5) is 28.1. The fraction of sp³-hybridized carbons (Fsp3) is 0.320. The first-order chi connectivity index (χ1) is 16.3. The molecule has 1 fully saturated rings. The average molecular weight is 482 g/mol. The van der Waals surface area contributed by atoms with Gasteiger partial charge >= 0.3 is 5.97 Å². The second-order valence-electron chi connectivity index (χ2n) is 8.49. The van der Waals surface area contributed by atoms with Crippen molar-refractivity contribution < 1.29 is 23.1 Å². The number of unbranched alkanes of at least 4 members (excludes halogenated alkanes) is 1. The maximum Gasteiger partial charge on any atom is 0.354 e. The standard InChI is InChI=1S/C25H27N3O5S/c1-2-3-8-23-26-15-21(25(30)31)28(23)16-17-9-11-18(12-10-17)20-6-4-5-7-22(20)34(32,33)27-24(29)19-13-14-19/h4-7,9-12,15,19H,2-3,8,13-14,16H2,1H3,(H,27,29)(H,30,31). The second-order valence-corrected chi connectivity index (χ2v) is 10.1. The highest BCUT2D eigenvalue weighted by molar-refractivity contribution is 7.90. The molecule has 178 valence electrons. The van der Waals surface area contributed by atoms with Crippen molar-refractivity contribution in [2.24, 2.45) is 5.92 Å². The number of carboxylic acid groups (broad SMARTS) is 1. The molecule has 2 aromatic carbocycles. The maximum atomic E-state index is 12.9. The number of benzene rings is 2. The lowest BCUT2D eigenvalue weighted by molar-refractivity contribution is -0.120. The van der Waals surface area contributed by atoms with Crippen molar-refractivity contribution in [2.75, 3.05) is 0 Å². The van der Waals surface area contributed by atoms with Gasteiger partial charge in [-0.2, -0.15) is 0 Å². The van der Waals surface area contributed by atoms with Crippen LogP contribution in [0.3, 0.4) is 0 Å². The van der Waals surface area contributed by atoms with Crippen molar-refractivity contribution in [3.05, 3.63) is 71.8 Å². The lowest BCUT2D eigenvalue weighted by atomic mass is 10.0. The van der Waals surface area contributed by atoms with Crippen molar-refractivity contribution in [3.8, 4) is 11.1 Å². The Kier molecular flexibility index (Phi) is 6.83. The Morgan fingerprint density at radius 3 is 2.47 bits per heavy atom. The smallest absolute Gasteiger partial charge is 0.354 e. The molecular weight excluding hydrogens is 454 g/mol. The van der Waals surface area contributed by atoms with Crippen LogP contribution in [-0.2, 0) is 27.8 Å². The quantitative estimate of drug-likeness (QED) is 0.454. The normalized spacial score (nSPS) is 13.6. The summed E-state index contributed by atoms with van der Waals surface area (Å²) in [5, 5.41) is 9.53. The highest BCUT2D eigenvalue weighted by Crippen LogP contribution is 2.31. The van der Waals surface area contributed by atoms with Crippen molar-refractivity contribution >= 4 is 21.9 Å². The van der Waals surface area contributed by atoms with E-state index >= 15 is 0 Å². The van der Waals surface area contributed by atoms with Gasteiger partial charge in [0.15, 0.2) is 0 Å². The van der Waals surface area contributed by atoms with E-state index in [0.717, 1.165) is 24.2 Å². The summed E-state index contributed by atoms with van der Waals surface area (Å²) in [7, 11) is -4.00. The third-order valence-corrected chi connectivity index (χ3v) is 7.28. The van der Waals surface area contributed by atoms with Crippen LogP contribution in [0.15, 0.2) is 59.6 Å². The molecule has 0 bridgehead atoms. The Labute approximate surface area is 198 Å². The van der Waals surface area contributed by atoms with Gasteiger partial charge in [0.1, 0.15) is 11.5 Å². The van der Waals surface area contributed by atoms with Gasteiger partial charge in [0.2, 0.25) is 5.91 Å². The minimum atomic E-state index is -4.00. The van der Waals surface area contributed by atoms with E-state index in [4.69, 9.17) is 0 Å². The molecule has 0 atom stereocenters. The second kappa shape index (κ2) is 9.80. The zero-order valence-corrected chi connectivity index (χ0v) is 19.7. The average Bonchev–Trinajstić information content (AvgIpc) is 3.60. The zero-order chi connectivity index (χ0) is 24.3. The van der Waals surface area contributed by atoms with Gasteiger partial charge in [-0.05, 0) is 36.5 Å². The number of imidazole rings is 1. The highest BCUT2D eigenvalue weighted by Gasteiger charge is 2.33. The van der Waals surface area contributed by atoms with Crippen molar-refractivity contribution in [1.29, 1.82) is 0 Å². The summed E-state index contributed by atoms with van der Waals surface area (Å²) >= 11 is 0. The Hall–Kier alpha value is -3.46. The number of carbonyl (C=O) groups is 2. The van der Waals surface area contributed by atoms with Crippen molar-refractivity contribution in [1.82, 2.24) is 14.3 Å². The van der Waals surface area contributed by atoms with Crippen LogP contribution < -0.4 is 4.72 Å². The van der Waals surface area contributed by atoms with Crippen LogP contribution in [0, 0.1) is 5.92 Å². The van der Waals surface area contributed by atoms with Crippen molar-refractivity contribution in [2.45, 2.75) is 50.5 Å². The topological polar surface area (TPSA) is 118 Å². The van der Waals surface area contributed by atoms with Gasteiger partial charge in [-0.15, -0.1) is 0 Å². The van der Waals surface area contributed by atoms with Gasteiger partial charge in [-0.25, -0.2) is 22.9 Å². The molecule has 0 saturated heterocycles. The molecule has 1 aliphatic carbocycles. The molecule has 0 unspecified atom stereocenters. The van der Waals surface area contributed by atoms with Gasteiger partial charge in [-0.1, -0.05) is 55.8 Å². The lowest BCUT2D eigenvalue weighted by Gasteiger charge is -2.13. The molecule has 34 heavy (non-hydrogen) atoms. The number of nitrogens with zero attached hydrogens (tertiary/aromatic N) is 2. The summed E-state index contributed by atoms with van der Waals surface area (Å²) < 4.78 is 29.6. The van der Waals surface area contributed by atoms with Gasteiger partial charge in [-0.3, -0.25) is 4.79 Å². The molecule has 0 spiro atoms. The monoisotopic (exact) mass is 481 g/mol. The van der Waals surface area contributed by atoms with E-state index in [2.05, 4.69) is 16.6 Å². The van der Waals surface area contributed by atoms with Gasteiger partial charge < -0.3 is 9.67 Å². The third kappa shape index (κ3) is 5.20. The molecule has 1 saturated carbocycles. The molecule has 4 rings (SSSR count). The number of amides is 1. The Morgan fingerprint density at radius 1 is 1.12 bits per heavy atom. The third-order valence-electron chi connectivity index (χ3n) is 5.88. The molecule has 8 nitrogen and oxygen atoms in total. The van der Waals surface area contributed by atoms with Crippen LogP contribution in [0.2, 0.25) is 0 Å². The first kappa shape index (κ1) is 23.7. The van der Waals surface area contributed by atoms with E-state index in [-0.39, 0.29) is 16.5 Å². The van der Waals surface area contributed by atoms with E-state index in [1.807, 2.05) is 12.1 Å². The molecule has 1 amide bonds. The first-order valence-electron chi connectivity index (χ1n) is 11.3. The molecule has 1 heterocycles. The highest BCUT2D eigenvalue weighted by atomic mass is 32.2. The van der Waals surface area contributed by atoms with E-state index < -0.39 is 21.9 Å². The number of hydrogen-bond donors (Lipinski definition) is 2. The number of sulfonamides is 1. The maximum absolute atomic E-state index is 12.9. The molecule has 9 heteroatoms. The zero-order valence-electron chi connectivity index (χ0n) is 18.9. The van der Waals surface area contributed by atoms with Crippen molar-refractivity contribution in [3.63, 3.8) is 0 Å².